The average Bonchev–Trinajstić information content (AvgIpc) is 3.12. The van der Waals surface area contributed by atoms with E-state index in [1.54, 1.807) is 0 Å². The van der Waals surface area contributed by atoms with Crippen LogP contribution in [0.3, 0.4) is 0 Å². The molecule has 0 saturated carbocycles. The van der Waals surface area contributed by atoms with Gasteiger partial charge in [0, 0.05) is 32.4 Å². The Morgan fingerprint density at radius 2 is 1.69 bits per heavy atom. The third-order valence-corrected chi connectivity index (χ3v) is 7.41. The summed E-state index contributed by atoms with van der Waals surface area (Å²) in [7, 11) is 0. The fourth-order valence-corrected chi connectivity index (χ4v) is 4.55. The van der Waals surface area contributed by atoms with Crippen LogP contribution in [-0.4, -0.2) is 114 Å². The molecule has 290 valence electrons. The molecule has 1 aromatic rings. The molecule has 0 aromatic heterocycles. The second kappa shape index (κ2) is 17.9. The van der Waals surface area contributed by atoms with Gasteiger partial charge < -0.3 is 45.9 Å². The van der Waals surface area contributed by atoms with Gasteiger partial charge in [-0.2, -0.15) is 22.0 Å². The molecule has 0 radical (unpaired) electrons. The number of anilines is 1. The summed E-state index contributed by atoms with van der Waals surface area (Å²) in [6, 6.07) is 0.138. The largest absolute Gasteiger partial charge is 0.486 e. The van der Waals surface area contributed by atoms with Crippen molar-refractivity contribution in [2.75, 3.05) is 31.1 Å². The first kappa shape index (κ1) is 43.0. The number of carbonyl (C=O) groups excluding carboxylic acids is 6. The first-order chi connectivity index (χ1) is 24.0. The Morgan fingerprint density at radius 1 is 1.04 bits per heavy atom. The number of carboxylic acids is 1. The lowest BCUT2D eigenvalue weighted by Gasteiger charge is -2.29. The number of ketones is 1. The Bertz CT molecular complexity index is 1520. The van der Waals surface area contributed by atoms with Crippen molar-refractivity contribution in [2.24, 2.45) is 0 Å². The van der Waals surface area contributed by atoms with Crippen molar-refractivity contribution >= 4 is 47.2 Å². The van der Waals surface area contributed by atoms with Crippen molar-refractivity contribution in [3.8, 4) is 5.75 Å². The fourth-order valence-electron chi connectivity index (χ4n) is 4.55. The Balaban J connectivity index is 2.07. The third kappa shape index (κ3) is 12.0. The van der Waals surface area contributed by atoms with E-state index in [1.807, 2.05) is 5.32 Å². The van der Waals surface area contributed by atoms with Crippen molar-refractivity contribution in [1.82, 2.24) is 21.3 Å². The van der Waals surface area contributed by atoms with Gasteiger partial charge in [0.05, 0.1) is 24.8 Å². The van der Waals surface area contributed by atoms with E-state index in [9.17, 15) is 65.0 Å². The van der Waals surface area contributed by atoms with Crippen LogP contribution >= 0.6 is 0 Å². The second-order valence-electron chi connectivity index (χ2n) is 11.7. The lowest BCUT2D eigenvalue weighted by Crippen LogP contribution is -2.63. The number of alkyl carbamates (subject to hydrolysis) is 1. The van der Waals surface area contributed by atoms with Crippen molar-refractivity contribution in [3.05, 3.63) is 24.0 Å². The highest BCUT2D eigenvalue weighted by molar-refractivity contribution is 6.10. The Hall–Kier alpha value is -5.15. The van der Waals surface area contributed by atoms with Crippen molar-refractivity contribution < 1.29 is 79.6 Å². The van der Waals surface area contributed by atoms with Gasteiger partial charge in [0.2, 0.25) is 11.5 Å². The molecule has 6 N–H and O–H groups in total. The summed E-state index contributed by atoms with van der Waals surface area (Å²) in [5.41, 5.74) is -3.49. The highest BCUT2D eigenvalue weighted by Gasteiger charge is 2.58. The van der Waals surface area contributed by atoms with Gasteiger partial charge in [-0.15, -0.1) is 0 Å². The molecule has 16 nitrogen and oxygen atoms in total. The van der Waals surface area contributed by atoms with Crippen LogP contribution in [-0.2, 0) is 33.5 Å². The third-order valence-electron chi connectivity index (χ3n) is 7.41. The molecule has 1 aliphatic rings. The summed E-state index contributed by atoms with van der Waals surface area (Å²) >= 11 is 0. The first-order valence-electron chi connectivity index (χ1n) is 15.4. The van der Waals surface area contributed by atoms with Gasteiger partial charge in [0.15, 0.2) is 5.78 Å². The number of hydrogen-bond donors (Lipinski definition) is 6. The number of aliphatic hydroxyl groups is 1. The van der Waals surface area contributed by atoms with E-state index in [1.165, 1.54) is 6.92 Å². The highest BCUT2D eigenvalue weighted by Crippen LogP contribution is 2.35. The molecule has 1 aromatic carbocycles. The number of nitrogens with one attached hydrogen (secondary N) is 4. The number of benzene rings is 1. The van der Waals surface area contributed by atoms with Crippen LogP contribution in [0, 0.1) is 5.82 Å². The summed E-state index contributed by atoms with van der Waals surface area (Å²) in [4.78, 5) is 86.5. The standard InChI is InChI=1S/C30H37F6N5O11/c1-15-23(40-26(48)28(3,50)25(47)38-14-29(32,33)30(34,35)36)24(46)41(19-13-17(31)6-8-21(19)52-15)11-12-51-27(49)37-10-4-5-20(43)18(39-16(2)42)7-9-22(44)45/h6,8,13,15,18,23,50H,4-5,7,9-12,14H2,1-3H3,(H,37,49)(H,38,47)(H,39,42)(H,40,48)(H,44,45)/t15-,18+,23+,28+/m1/s1. The van der Waals surface area contributed by atoms with Gasteiger partial charge in [-0.1, -0.05) is 0 Å². The zero-order valence-electron chi connectivity index (χ0n) is 27.9. The molecular formula is C30H37F6N5O11. The summed E-state index contributed by atoms with van der Waals surface area (Å²) in [6.07, 6.45) is -8.98. The Labute approximate surface area is 291 Å². The molecule has 52 heavy (non-hydrogen) atoms. The zero-order valence-corrected chi connectivity index (χ0v) is 27.9. The Morgan fingerprint density at radius 3 is 2.29 bits per heavy atom. The smallest absolute Gasteiger partial charge is 0.455 e. The number of alkyl halides is 5. The number of carbonyl (C=O) groups is 7. The molecule has 0 spiro atoms. The molecule has 0 bridgehead atoms. The predicted octanol–water partition coefficient (Wildman–Crippen LogP) is 0.934. The molecule has 1 aliphatic heterocycles. The van der Waals surface area contributed by atoms with Gasteiger partial charge in [-0.25, -0.2) is 9.18 Å². The van der Waals surface area contributed by atoms with E-state index in [0.29, 0.717) is 6.92 Å². The maximum absolute atomic E-state index is 14.2. The van der Waals surface area contributed by atoms with Crippen LogP contribution < -0.4 is 30.9 Å². The van der Waals surface area contributed by atoms with E-state index < -0.39 is 103 Å². The minimum atomic E-state index is -6.05. The SMILES string of the molecule is CC(=O)N[C@@H](CCC(=O)O)C(=O)CCCNC(=O)OCCN1C(=O)[C@@H](NC(=O)[C@@](C)(O)C(=O)NCC(F)(F)C(F)(F)F)[C@@H](C)Oc2ccc(F)cc21. The van der Waals surface area contributed by atoms with Crippen LogP contribution in [0.2, 0.25) is 0 Å². The summed E-state index contributed by atoms with van der Waals surface area (Å²) in [6.45, 7) is -0.602. The fraction of sp³-hybridized carbons (Fsp3) is 0.567. The van der Waals surface area contributed by atoms with Crippen LogP contribution in [0.4, 0.5) is 36.8 Å². The van der Waals surface area contributed by atoms with Crippen LogP contribution in [0.25, 0.3) is 0 Å². The number of aliphatic carboxylic acids is 1. The van der Waals surface area contributed by atoms with Gasteiger partial charge >= 0.3 is 24.2 Å². The number of fused-ring (bicyclic) bond motifs is 1. The normalized spacial score (nSPS) is 17.7. The molecular weight excluding hydrogens is 720 g/mol. The summed E-state index contributed by atoms with van der Waals surface area (Å²) in [5.74, 6) is -13.3. The average molecular weight is 758 g/mol. The quantitative estimate of drug-likeness (QED) is 0.0744. The minimum Gasteiger partial charge on any atom is -0.486 e. The number of Topliss-reactive ketones (excluding diaryl/α,β-unsaturated/α-hetero) is 1. The van der Waals surface area contributed by atoms with Crippen molar-refractivity contribution in [3.63, 3.8) is 0 Å². The number of rotatable bonds is 17. The molecule has 0 unspecified atom stereocenters. The maximum atomic E-state index is 14.2. The topological polar surface area (TPSA) is 230 Å². The molecule has 5 amide bonds. The van der Waals surface area contributed by atoms with Gasteiger partial charge in [-0.05, 0) is 38.8 Å². The maximum Gasteiger partial charge on any atom is 0.455 e. The molecule has 0 saturated heterocycles. The number of nitrogens with zero attached hydrogens (tertiary/aromatic N) is 1. The molecule has 2 rings (SSSR count). The van der Waals surface area contributed by atoms with E-state index in [0.717, 1.165) is 35.3 Å². The second-order valence-corrected chi connectivity index (χ2v) is 11.7. The first-order valence-corrected chi connectivity index (χ1v) is 15.4. The summed E-state index contributed by atoms with van der Waals surface area (Å²) < 4.78 is 89.0. The number of carboxylic acid groups (broad SMARTS) is 1. The van der Waals surface area contributed by atoms with E-state index >= 15 is 0 Å². The van der Waals surface area contributed by atoms with Gasteiger partial charge in [0.1, 0.15) is 30.3 Å². The molecule has 0 aliphatic carbocycles. The molecule has 4 atom stereocenters. The molecule has 0 fully saturated rings. The van der Waals surface area contributed by atoms with Gasteiger partial charge in [0.25, 0.3) is 17.7 Å². The Kier molecular flexibility index (Phi) is 14.8. The minimum absolute atomic E-state index is 0.0670. The van der Waals surface area contributed by atoms with E-state index in [2.05, 4.69) is 10.6 Å². The molecule has 22 heteroatoms. The van der Waals surface area contributed by atoms with Crippen molar-refractivity contribution in [1.29, 1.82) is 0 Å². The number of ether oxygens (including phenoxy) is 2. The lowest BCUT2D eigenvalue weighted by atomic mass is 10.0. The van der Waals surface area contributed by atoms with Crippen LogP contribution in [0.15, 0.2) is 18.2 Å². The zero-order chi connectivity index (χ0) is 39.6. The number of hydrogen-bond acceptors (Lipinski definition) is 10. The monoisotopic (exact) mass is 757 g/mol. The van der Waals surface area contributed by atoms with Crippen LogP contribution in [0.1, 0.15) is 46.5 Å². The summed E-state index contributed by atoms with van der Waals surface area (Å²) in [5, 5.41) is 27.1. The van der Waals surface area contributed by atoms with Crippen LogP contribution in [0.5, 0.6) is 5.75 Å². The number of halogens is 6. The van der Waals surface area contributed by atoms with Gasteiger partial charge in [-0.3, -0.25) is 28.8 Å². The highest BCUT2D eigenvalue weighted by atomic mass is 19.4. The van der Waals surface area contributed by atoms with Crippen molar-refractivity contribution in [2.45, 2.75) is 82.3 Å². The van der Waals surface area contributed by atoms with E-state index in [-0.39, 0.29) is 43.7 Å². The number of amides is 5. The predicted molar refractivity (Wildman–Crippen MR) is 163 cm³/mol. The molecule has 1 heterocycles. The van der Waals surface area contributed by atoms with E-state index in [4.69, 9.17) is 14.6 Å². The lowest BCUT2D eigenvalue weighted by molar-refractivity contribution is -0.278.